The molecule has 6 nitrogen and oxygen atoms in total. The number of aromatic nitrogens is 3. The number of fused-ring (bicyclic) bond motifs is 1. The van der Waals surface area contributed by atoms with Gasteiger partial charge in [-0.25, -0.2) is 0 Å². The predicted molar refractivity (Wildman–Crippen MR) is 144 cm³/mol. The summed E-state index contributed by atoms with van der Waals surface area (Å²) in [6.07, 6.45) is 5.88. The van der Waals surface area contributed by atoms with Crippen LogP contribution < -0.4 is 10.6 Å². The number of nitrogens with one attached hydrogen (secondary N) is 2. The van der Waals surface area contributed by atoms with Crippen molar-refractivity contribution in [3.63, 3.8) is 0 Å². The van der Waals surface area contributed by atoms with Crippen molar-refractivity contribution >= 4 is 52.5 Å². The van der Waals surface area contributed by atoms with Gasteiger partial charge in [0, 0.05) is 26.1 Å². The van der Waals surface area contributed by atoms with Crippen molar-refractivity contribution in [1.82, 2.24) is 25.4 Å². The van der Waals surface area contributed by atoms with Gasteiger partial charge in [-0.1, -0.05) is 49.4 Å². The molecule has 0 aliphatic heterocycles. The summed E-state index contributed by atoms with van der Waals surface area (Å²) in [6, 6.07) is 15.1. The maximum Gasteiger partial charge on any atom is 0.191 e. The molecule has 0 bridgehead atoms. The number of benzene rings is 2. The monoisotopic (exact) mass is 552 g/mol. The zero-order chi connectivity index (χ0) is 21.2. The van der Waals surface area contributed by atoms with Crippen molar-refractivity contribution in [1.29, 1.82) is 0 Å². The van der Waals surface area contributed by atoms with Crippen LogP contribution in [0.1, 0.15) is 37.7 Å². The van der Waals surface area contributed by atoms with E-state index in [2.05, 4.69) is 88.0 Å². The molecule has 1 atom stereocenters. The van der Waals surface area contributed by atoms with Gasteiger partial charge in [0.2, 0.25) is 0 Å². The molecule has 8 heteroatoms. The summed E-state index contributed by atoms with van der Waals surface area (Å²) >= 11 is 1.86. The standard InChI is InChI=1S/C23H32N6S.HI/c1-4-22-28-26-17-29(22)15-14-25-23(24-13-8-16-30-3)27-18(2)20-12-7-10-19-9-5-6-11-21(19)20;/h5-7,9-12,17-18H,4,8,13-16H2,1-3H3,(H2,24,25,27);1H. The van der Waals surface area contributed by atoms with Crippen LogP contribution in [0.5, 0.6) is 0 Å². The third-order valence-corrected chi connectivity index (χ3v) is 5.77. The van der Waals surface area contributed by atoms with Crippen molar-refractivity contribution in [2.24, 2.45) is 4.99 Å². The number of hydrogen-bond donors (Lipinski definition) is 2. The lowest BCUT2D eigenvalue weighted by molar-refractivity contribution is 0.619. The molecule has 0 aliphatic carbocycles. The van der Waals surface area contributed by atoms with Gasteiger partial charge >= 0.3 is 0 Å². The molecular formula is C23H33IN6S. The molecule has 0 fully saturated rings. The number of aliphatic imine (C=N–C) groups is 1. The first-order valence-corrected chi connectivity index (χ1v) is 12.0. The smallest absolute Gasteiger partial charge is 0.191 e. The summed E-state index contributed by atoms with van der Waals surface area (Å²) in [5.74, 6) is 2.98. The molecule has 0 amide bonds. The van der Waals surface area contributed by atoms with Crippen LogP contribution in [0.3, 0.4) is 0 Å². The molecule has 3 aromatic rings. The van der Waals surface area contributed by atoms with Crippen LogP contribution in [0.15, 0.2) is 53.8 Å². The van der Waals surface area contributed by atoms with Crippen LogP contribution in [0.2, 0.25) is 0 Å². The van der Waals surface area contributed by atoms with Gasteiger partial charge in [-0.15, -0.1) is 34.2 Å². The van der Waals surface area contributed by atoms with Gasteiger partial charge in [-0.2, -0.15) is 11.8 Å². The highest BCUT2D eigenvalue weighted by Crippen LogP contribution is 2.23. The molecule has 0 aliphatic rings. The fourth-order valence-electron chi connectivity index (χ4n) is 3.50. The van der Waals surface area contributed by atoms with Crippen molar-refractivity contribution in [3.05, 3.63) is 60.2 Å². The highest BCUT2D eigenvalue weighted by molar-refractivity contribution is 14.0. The van der Waals surface area contributed by atoms with E-state index in [9.17, 15) is 0 Å². The lowest BCUT2D eigenvalue weighted by Crippen LogP contribution is -2.40. The van der Waals surface area contributed by atoms with E-state index in [4.69, 9.17) is 4.99 Å². The first kappa shape index (κ1) is 25.5. The Bertz CT molecular complexity index is 953. The van der Waals surface area contributed by atoms with E-state index in [1.54, 1.807) is 6.33 Å². The number of halogens is 1. The largest absolute Gasteiger partial charge is 0.355 e. The summed E-state index contributed by atoms with van der Waals surface area (Å²) in [6.45, 7) is 6.67. The molecular weight excluding hydrogens is 519 g/mol. The van der Waals surface area contributed by atoms with Gasteiger partial charge in [-0.05, 0) is 41.7 Å². The lowest BCUT2D eigenvalue weighted by atomic mass is 10.00. The molecule has 31 heavy (non-hydrogen) atoms. The van der Waals surface area contributed by atoms with Crippen molar-refractivity contribution in [2.75, 3.05) is 25.1 Å². The zero-order valence-corrected chi connectivity index (χ0v) is 21.7. The Morgan fingerprint density at radius 1 is 1.19 bits per heavy atom. The highest BCUT2D eigenvalue weighted by atomic mass is 127. The molecule has 2 N–H and O–H groups in total. The minimum atomic E-state index is 0. The highest BCUT2D eigenvalue weighted by Gasteiger charge is 2.11. The van der Waals surface area contributed by atoms with Gasteiger partial charge in [0.25, 0.3) is 0 Å². The van der Waals surface area contributed by atoms with Gasteiger partial charge in [0.1, 0.15) is 12.2 Å². The van der Waals surface area contributed by atoms with E-state index >= 15 is 0 Å². The third-order valence-electron chi connectivity index (χ3n) is 5.08. The fraction of sp³-hybridized carbons (Fsp3) is 0.435. The normalized spacial score (nSPS) is 12.4. The summed E-state index contributed by atoms with van der Waals surface area (Å²) < 4.78 is 2.09. The SMILES string of the molecule is CCc1nncn1CCNC(=NCCCSC)NC(C)c1cccc2ccccc12.I. The second-order valence-corrected chi connectivity index (χ2v) is 8.22. The summed E-state index contributed by atoms with van der Waals surface area (Å²) in [5, 5.41) is 17.8. The van der Waals surface area contributed by atoms with Gasteiger partial charge < -0.3 is 15.2 Å². The maximum absolute atomic E-state index is 4.81. The number of aryl methyl sites for hydroxylation is 1. The second kappa shape index (κ2) is 13.6. The maximum atomic E-state index is 4.81. The van der Waals surface area contributed by atoms with E-state index in [1.807, 2.05) is 11.8 Å². The molecule has 0 radical (unpaired) electrons. The van der Waals surface area contributed by atoms with Crippen molar-refractivity contribution in [3.8, 4) is 0 Å². The Morgan fingerprint density at radius 2 is 2.00 bits per heavy atom. The molecule has 0 saturated heterocycles. The van der Waals surface area contributed by atoms with E-state index in [1.165, 1.54) is 16.3 Å². The van der Waals surface area contributed by atoms with Crippen LogP contribution in [0.4, 0.5) is 0 Å². The van der Waals surface area contributed by atoms with Crippen LogP contribution in [0, 0.1) is 0 Å². The molecule has 0 spiro atoms. The quantitative estimate of drug-likeness (QED) is 0.166. The van der Waals surface area contributed by atoms with Crippen LogP contribution >= 0.6 is 35.7 Å². The first-order chi connectivity index (χ1) is 14.7. The number of thioether (sulfide) groups is 1. The fourth-order valence-corrected chi connectivity index (χ4v) is 3.92. The Morgan fingerprint density at radius 3 is 2.81 bits per heavy atom. The van der Waals surface area contributed by atoms with Gasteiger partial charge in [-0.3, -0.25) is 4.99 Å². The number of guanidine groups is 1. The van der Waals surface area contributed by atoms with E-state index in [0.717, 1.165) is 50.0 Å². The van der Waals surface area contributed by atoms with E-state index < -0.39 is 0 Å². The molecule has 1 unspecified atom stereocenters. The first-order valence-electron chi connectivity index (χ1n) is 10.6. The Labute approximate surface area is 206 Å². The minimum Gasteiger partial charge on any atom is -0.355 e. The van der Waals surface area contributed by atoms with Crippen LogP contribution in [-0.4, -0.2) is 45.8 Å². The summed E-state index contributed by atoms with van der Waals surface area (Å²) in [5.41, 5.74) is 1.28. The molecule has 3 rings (SSSR count). The predicted octanol–water partition coefficient (Wildman–Crippen LogP) is 4.66. The molecule has 1 aromatic heterocycles. The van der Waals surface area contributed by atoms with Crippen LogP contribution in [0.25, 0.3) is 10.8 Å². The zero-order valence-electron chi connectivity index (χ0n) is 18.5. The van der Waals surface area contributed by atoms with Crippen molar-refractivity contribution < 1.29 is 0 Å². The minimum absolute atomic E-state index is 0. The van der Waals surface area contributed by atoms with E-state index in [-0.39, 0.29) is 30.0 Å². The van der Waals surface area contributed by atoms with Gasteiger partial charge in [0.15, 0.2) is 5.96 Å². The molecule has 1 heterocycles. The number of nitrogens with zero attached hydrogens (tertiary/aromatic N) is 4. The molecule has 2 aromatic carbocycles. The average Bonchev–Trinajstić information content (AvgIpc) is 3.23. The second-order valence-electron chi connectivity index (χ2n) is 7.23. The third kappa shape index (κ3) is 7.38. The Kier molecular flexibility index (Phi) is 11.1. The Balaban J connectivity index is 0.00000341. The molecule has 0 saturated carbocycles. The average molecular weight is 553 g/mol. The summed E-state index contributed by atoms with van der Waals surface area (Å²) in [4.78, 5) is 4.81. The topological polar surface area (TPSA) is 67.1 Å². The molecule has 168 valence electrons. The lowest BCUT2D eigenvalue weighted by Gasteiger charge is -2.20. The van der Waals surface area contributed by atoms with Gasteiger partial charge in [0.05, 0.1) is 6.04 Å². The van der Waals surface area contributed by atoms with Crippen LogP contribution in [-0.2, 0) is 13.0 Å². The number of hydrogen-bond acceptors (Lipinski definition) is 4. The Hall–Kier alpha value is -1.81. The van der Waals surface area contributed by atoms with Crippen molar-refractivity contribution in [2.45, 2.75) is 39.3 Å². The van der Waals surface area contributed by atoms with E-state index in [0.29, 0.717) is 0 Å². The number of rotatable bonds is 10. The summed E-state index contributed by atoms with van der Waals surface area (Å²) in [7, 11) is 0.